The van der Waals surface area contributed by atoms with Gasteiger partial charge in [-0.05, 0) is 32.0 Å². The van der Waals surface area contributed by atoms with Gasteiger partial charge in [0.2, 0.25) is 0 Å². The Morgan fingerprint density at radius 3 is 2.82 bits per heavy atom. The van der Waals surface area contributed by atoms with Gasteiger partial charge >= 0.3 is 0 Å². The van der Waals surface area contributed by atoms with E-state index in [0.29, 0.717) is 6.04 Å². The van der Waals surface area contributed by atoms with Gasteiger partial charge in [0.15, 0.2) is 0 Å². The molecule has 2 aromatic heterocycles. The fourth-order valence-corrected chi connectivity index (χ4v) is 2.68. The Hall–Kier alpha value is -1.33. The summed E-state index contributed by atoms with van der Waals surface area (Å²) in [6, 6.07) is 2.37. The first-order valence-electron chi connectivity index (χ1n) is 5.67. The summed E-state index contributed by atoms with van der Waals surface area (Å²) in [5.74, 6) is 0. The van der Waals surface area contributed by atoms with Gasteiger partial charge in [-0.25, -0.2) is 0 Å². The normalized spacial score (nSPS) is 12.6. The summed E-state index contributed by atoms with van der Waals surface area (Å²) in [7, 11) is 1.95. The van der Waals surface area contributed by atoms with E-state index in [-0.39, 0.29) is 0 Å². The van der Waals surface area contributed by atoms with E-state index in [1.165, 1.54) is 0 Å². The minimum absolute atomic E-state index is 0.291. The summed E-state index contributed by atoms with van der Waals surface area (Å²) in [5.41, 5.74) is 2.18. The second-order valence-corrected chi connectivity index (χ2v) is 4.96. The molecule has 4 nitrogen and oxygen atoms in total. The van der Waals surface area contributed by atoms with Crippen LogP contribution in [0.4, 0.5) is 0 Å². The molecule has 1 N–H and O–H groups in total. The van der Waals surface area contributed by atoms with Crippen LogP contribution in [-0.4, -0.2) is 22.2 Å². The van der Waals surface area contributed by atoms with E-state index in [1.54, 1.807) is 11.3 Å². The molecular formula is C12H16N4S. The van der Waals surface area contributed by atoms with Gasteiger partial charge in [-0.3, -0.25) is 4.98 Å². The van der Waals surface area contributed by atoms with Gasteiger partial charge in [0.25, 0.3) is 0 Å². The van der Waals surface area contributed by atoms with Gasteiger partial charge in [-0.1, -0.05) is 18.3 Å². The molecule has 2 aromatic rings. The smallest absolute Gasteiger partial charge is 0.149 e. The van der Waals surface area contributed by atoms with Crippen molar-refractivity contribution in [3.8, 4) is 10.6 Å². The number of aromatic nitrogens is 3. The van der Waals surface area contributed by atoms with Crippen LogP contribution in [0.25, 0.3) is 10.6 Å². The third-order valence-electron chi connectivity index (χ3n) is 2.62. The van der Waals surface area contributed by atoms with Crippen molar-refractivity contribution in [2.24, 2.45) is 0 Å². The van der Waals surface area contributed by atoms with Crippen LogP contribution in [-0.2, 0) is 0 Å². The third kappa shape index (κ3) is 2.68. The van der Waals surface area contributed by atoms with E-state index >= 15 is 0 Å². The Labute approximate surface area is 105 Å². The SMILES string of the molecule is CCC(NC)c1nnc(-c2cncc(C)c2)s1. The second-order valence-electron chi connectivity index (χ2n) is 3.95. The molecule has 2 heterocycles. The maximum Gasteiger partial charge on any atom is 0.149 e. The Morgan fingerprint density at radius 1 is 1.35 bits per heavy atom. The maximum absolute atomic E-state index is 4.24. The monoisotopic (exact) mass is 248 g/mol. The molecule has 0 fully saturated rings. The molecule has 0 aliphatic heterocycles. The van der Waals surface area contributed by atoms with Crippen molar-refractivity contribution in [1.82, 2.24) is 20.5 Å². The van der Waals surface area contributed by atoms with E-state index in [9.17, 15) is 0 Å². The molecule has 90 valence electrons. The number of aryl methyl sites for hydroxylation is 1. The van der Waals surface area contributed by atoms with Crippen LogP contribution >= 0.6 is 11.3 Å². The van der Waals surface area contributed by atoms with Crippen molar-refractivity contribution >= 4 is 11.3 Å². The highest BCUT2D eigenvalue weighted by atomic mass is 32.1. The van der Waals surface area contributed by atoms with Crippen LogP contribution in [0.2, 0.25) is 0 Å². The van der Waals surface area contributed by atoms with Crippen LogP contribution in [0.15, 0.2) is 18.5 Å². The van der Waals surface area contributed by atoms with Crippen molar-refractivity contribution in [3.63, 3.8) is 0 Å². The van der Waals surface area contributed by atoms with Crippen LogP contribution in [0.5, 0.6) is 0 Å². The minimum Gasteiger partial charge on any atom is -0.311 e. The molecule has 0 aromatic carbocycles. The van der Waals surface area contributed by atoms with Crippen LogP contribution in [0.1, 0.15) is 30.0 Å². The predicted molar refractivity (Wildman–Crippen MR) is 70.0 cm³/mol. The van der Waals surface area contributed by atoms with Gasteiger partial charge in [-0.2, -0.15) is 0 Å². The molecule has 0 spiro atoms. The molecule has 17 heavy (non-hydrogen) atoms. The van der Waals surface area contributed by atoms with Crippen molar-refractivity contribution in [2.75, 3.05) is 7.05 Å². The number of hydrogen-bond acceptors (Lipinski definition) is 5. The van der Waals surface area contributed by atoms with Crippen LogP contribution in [0.3, 0.4) is 0 Å². The molecule has 0 radical (unpaired) electrons. The minimum atomic E-state index is 0.291. The highest BCUT2D eigenvalue weighted by molar-refractivity contribution is 7.14. The quantitative estimate of drug-likeness (QED) is 0.903. The lowest BCUT2D eigenvalue weighted by Crippen LogP contribution is -2.14. The lowest BCUT2D eigenvalue weighted by atomic mass is 10.2. The predicted octanol–water partition coefficient (Wildman–Crippen LogP) is 2.58. The first kappa shape index (κ1) is 12.1. The third-order valence-corrected chi connectivity index (χ3v) is 3.70. The standard InChI is InChI=1S/C12H16N4S/c1-4-10(13-3)12-16-15-11(17-12)9-5-8(2)6-14-7-9/h5-7,10,13H,4H2,1-3H3. The Morgan fingerprint density at radius 2 is 2.18 bits per heavy atom. The molecule has 1 unspecified atom stereocenters. The number of nitrogens with zero attached hydrogens (tertiary/aromatic N) is 3. The van der Waals surface area contributed by atoms with Crippen LogP contribution < -0.4 is 5.32 Å². The molecule has 0 bridgehead atoms. The lowest BCUT2D eigenvalue weighted by molar-refractivity contribution is 0.568. The molecule has 0 aliphatic rings. The zero-order valence-electron chi connectivity index (χ0n) is 10.3. The summed E-state index contributed by atoms with van der Waals surface area (Å²) < 4.78 is 0. The average Bonchev–Trinajstić information content (AvgIpc) is 2.80. The first-order chi connectivity index (χ1) is 8.24. The molecule has 1 atom stereocenters. The van der Waals surface area contributed by atoms with E-state index < -0.39 is 0 Å². The van der Waals surface area contributed by atoms with Crippen molar-refractivity contribution < 1.29 is 0 Å². The summed E-state index contributed by atoms with van der Waals surface area (Å²) in [4.78, 5) is 4.18. The molecule has 0 aliphatic carbocycles. The highest BCUT2D eigenvalue weighted by Crippen LogP contribution is 2.27. The zero-order chi connectivity index (χ0) is 12.3. The molecule has 0 saturated heterocycles. The topological polar surface area (TPSA) is 50.7 Å². The van der Waals surface area contributed by atoms with E-state index in [1.807, 2.05) is 26.4 Å². The van der Waals surface area contributed by atoms with E-state index in [4.69, 9.17) is 0 Å². The van der Waals surface area contributed by atoms with Gasteiger partial charge in [0, 0.05) is 18.0 Å². The Kier molecular flexibility index (Phi) is 3.81. The zero-order valence-corrected chi connectivity index (χ0v) is 11.1. The molecule has 2 rings (SSSR count). The summed E-state index contributed by atoms with van der Waals surface area (Å²) in [6.07, 6.45) is 4.68. The number of nitrogens with one attached hydrogen (secondary N) is 1. The summed E-state index contributed by atoms with van der Waals surface area (Å²) in [6.45, 7) is 4.16. The van der Waals surface area contributed by atoms with Crippen molar-refractivity contribution in [3.05, 3.63) is 29.0 Å². The fraction of sp³-hybridized carbons (Fsp3) is 0.417. The molecular weight excluding hydrogens is 232 g/mol. The fourth-order valence-electron chi connectivity index (χ4n) is 1.67. The van der Waals surface area contributed by atoms with Gasteiger partial charge in [0.1, 0.15) is 10.0 Å². The van der Waals surface area contributed by atoms with Gasteiger partial charge < -0.3 is 5.32 Å². The van der Waals surface area contributed by atoms with Gasteiger partial charge in [-0.15, -0.1) is 10.2 Å². The Balaban J connectivity index is 2.29. The van der Waals surface area contributed by atoms with E-state index in [2.05, 4.69) is 33.5 Å². The molecule has 0 amide bonds. The average molecular weight is 248 g/mol. The summed E-state index contributed by atoms with van der Waals surface area (Å²) >= 11 is 1.63. The van der Waals surface area contributed by atoms with Crippen LogP contribution in [0, 0.1) is 6.92 Å². The van der Waals surface area contributed by atoms with E-state index in [0.717, 1.165) is 27.6 Å². The largest absolute Gasteiger partial charge is 0.311 e. The Bertz CT molecular complexity index is 491. The second kappa shape index (κ2) is 5.33. The van der Waals surface area contributed by atoms with Crippen molar-refractivity contribution in [2.45, 2.75) is 26.3 Å². The number of pyridine rings is 1. The molecule has 5 heteroatoms. The first-order valence-corrected chi connectivity index (χ1v) is 6.49. The summed E-state index contributed by atoms with van der Waals surface area (Å²) in [5, 5.41) is 13.7. The highest BCUT2D eigenvalue weighted by Gasteiger charge is 2.13. The van der Waals surface area contributed by atoms with Gasteiger partial charge in [0.05, 0.1) is 6.04 Å². The number of hydrogen-bond donors (Lipinski definition) is 1. The number of rotatable bonds is 4. The molecule has 0 saturated carbocycles. The lowest BCUT2D eigenvalue weighted by Gasteiger charge is -2.07. The van der Waals surface area contributed by atoms with Crippen molar-refractivity contribution in [1.29, 1.82) is 0 Å². The maximum atomic E-state index is 4.24.